The Morgan fingerprint density at radius 1 is 1.18 bits per heavy atom. The average Bonchev–Trinajstić information content (AvgIpc) is 2.72. The molecule has 0 aromatic heterocycles. The third-order valence-electron chi connectivity index (χ3n) is 8.29. The summed E-state index contributed by atoms with van der Waals surface area (Å²) < 4.78 is 0. The highest BCUT2D eigenvalue weighted by atomic mass is 79.9. The van der Waals surface area contributed by atoms with E-state index in [1.54, 1.807) is 5.57 Å². The van der Waals surface area contributed by atoms with E-state index in [0.717, 1.165) is 17.8 Å². The van der Waals surface area contributed by atoms with Crippen molar-refractivity contribution in [3.63, 3.8) is 0 Å². The van der Waals surface area contributed by atoms with Gasteiger partial charge in [0.2, 0.25) is 0 Å². The molecule has 124 valence electrons. The second-order valence-electron chi connectivity index (χ2n) is 9.35. The summed E-state index contributed by atoms with van der Waals surface area (Å²) in [6.45, 7) is 7.36. The van der Waals surface area contributed by atoms with Gasteiger partial charge in [-0.1, -0.05) is 48.4 Å². The molecular formula is C20H31BrO. The summed E-state index contributed by atoms with van der Waals surface area (Å²) in [5, 5.41) is 10.7. The van der Waals surface area contributed by atoms with E-state index in [0.29, 0.717) is 16.2 Å². The highest BCUT2D eigenvalue weighted by Crippen LogP contribution is 2.65. The third kappa shape index (κ3) is 1.98. The van der Waals surface area contributed by atoms with Gasteiger partial charge in [-0.05, 0) is 79.4 Å². The van der Waals surface area contributed by atoms with Gasteiger partial charge in [0.25, 0.3) is 0 Å². The zero-order chi connectivity index (χ0) is 15.7. The fraction of sp³-hybridized carbons (Fsp3) is 0.900. The summed E-state index contributed by atoms with van der Waals surface area (Å²) in [4.78, 5) is 0.311. The fourth-order valence-corrected chi connectivity index (χ4v) is 7.79. The molecule has 22 heavy (non-hydrogen) atoms. The molecule has 2 heteroatoms. The van der Waals surface area contributed by atoms with Crippen LogP contribution in [0.3, 0.4) is 0 Å². The maximum absolute atomic E-state index is 10.7. The van der Waals surface area contributed by atoms with E-state index in [1.165, 1.54) is 44.9 Å². The van der Waals surface area contributed by atoms with Crippen LogP contribution >= 0.6 is 15.9 Å². The molecule has 0 spiro atoms. The number of halogens is 1. The Balaban J connectivity index is 1.68. The quantitative estimate of drug-likeness (QED) is 0.454. The highest BCUT2D eigenvalue weighted by Gasteiger charge is 2.60. The number of alkyl halides is 1. The van der Waals surface area contributed by atoms with E-state index in [2.05, 4.69) is 42.8 Å². The van der Waals surface area contributed by atoms with Crippen molar-refractivity contribution in [1.29, 1.82) is 0 Å². The molecular weight excluding hydrogens is 336 g/mol. The number of hydrogen-bond donors (Lipinski definition) is 1. The van der Waals surface area contributed by atoms with E-state index in [4.69, 9.17) is 0 Å². The second-order valence-corrected chi connectivity index (χ2v) is 10.5. The molecule has 0 bridgehead atoms. The van der Waals surface area contributed by atoms with Crippen LogP contribution in [0.1, 0.15) is 65.7 Å². The molecule has 0 heterocycles. The van der Waals surface area contributed by atoms with Crippen molar-refractivity contribution >= 4 is 15.9 Å². The predicted molar refractivity (Wildman–Crippen MR) is 95.0 cm³/mol. The highest BCUT2D eigenvalue weighted by molar-refractivity contribution is 9.09. The molecule has 0 aliphatic heterocycles. The minimum atomic E-state index is -0.150. The maximum atomic E-state index is 10.7. The van der Waals surface area contributed by atoms with Crippen LogP contribution < -0.4 is 0 Å². The van der Waals surface area contributed by atoms with Crippen molar-refractivity contribution in [1.82, 2.24) is 0 Å². The molecule has 1 nitrogen and oxygen atoms in total. The van der Waals surface area contributed by atoms with Crippen LogP contribution in [0.15, 0.2) is 11.6 Å². The summed E-state index contributed by atoms with van der Waals surface area (Å²) in [7, 11) is 0. The van der Waals surface area contributed by atoms with Gasteiger partial charge in [0, 0.05) is 4.83 Å². The molecule has 0 aromatic carbocycles. The Bertz CT molecular complexity index is 500. The minimum absolute atomic E-state index is 0.150. The Labute approximate surface area is 144 Å². The maximum Gasteiger partial charge on any atom is 0.0721 e. The van der Waals surface area contributed by atoms with E-state index in [9.17, 15) is 5.11 Å². The van der Waals surface area contributed by atoms with Gasteiger partial charge in [-0.25, -0.2) is 0 Å². The molecule has 0 amide bonds. The lowest BCUT2D eigenvalue weighted by Crippen LogP contribution is -2.50. The first-order chi connectivity index (χ1) is 10.4. The lowest BCUT2D eigenvalue weighted by molar-refractivity contribution is -0.0671. The van der Waals surface area contributed by atoms with Crippen LogP contribution in [0.25, 0.3) is 0 Å². The molecule has 1 N–H and O–H groups in total. The van der Waals surface area contributed by atoms with Crippen LogP contribution in [0, 0.1) is 34.5 Å². The van der Waals surface area contributed by atoms with Crippen molar-refractivity contribution in [2.75, 3.05) is 0 Å². The number of aliphatic hydroxyl groups is 1. The molecule has 3 fully saturated rings. The number of allylic oxidation sites excluding steroid dienone is 2. The SMILES string of the molecule is C[C@H]1CC[C@@]2(C)C(=CC[C@H]3[C@@H]4C[C@@H](Br)[C@H](O)[C@@]4(C)CC[C@@H]32)C1. The van der Waals surface area contributed by atoms with Gasteiger partial charge in [0.15, 0.2) is 0 Å². The summed E-state index contributed by atoms with van der Waals surface area (Å²) in [5.74, 6) is 3.26. The van der Waals surface area contributed by atoms with Crippen molar-refractivity contribution in [3.8, 4) is 0 Å². The largest absolute Gasteiger partial charge is 0.391 e. The first-order valence-corrected chi connectivity index (χ1v) is 10.3. The van der Waals surface area contributed by atoms with Crippen LogP contribution in [0.5, 0.6) is 0 Å². The Hall–Kier alpha value is 0.180. The smallest absolute Gasteiger partial charge is 0.0721 e. The zero-order valence-electron chi connectivity index (χ0n) is 14.3. The van der Waals surface area contributed by atoms with Crippen molar-refractivity contribution in [2.24, 2.45) is 34.5 Å². The van der Waals surface area contributed by atoms with Crippen molar-refractivity contribution in [2.45, 2.75) is 76.6 Å². The van der Waals surface area contributed by atoms with Gasteiger partial charge < -0.3 is 5.11 Å². The van der Waals surface area contributed by atoms with E-state index >= 15 is 0 Å². The summed E-state index contributed by atoms with van der Waals surface area (Å²) in [6.07, 6.45) is 11.6. The molecule has 8 atom stereocenters. The number of aliphatic hydroxyl groups excluding tert-OH is 1. The average molecular weight is 367 g/mol. The van der Waals surface area contributed by atoms with Crippen molar-refractivity contribution < 1.29 is 5.11 Å². The van der Waals surface area contributed by atoms with Crippen LogP contribution in [0.4, 0.5) is 0 Å². The first-order valence-electron chi connectivity index (χ1n) is 9.38. The summed E-state index contributed by atoms with van der Waals surface area (Å²) in [6, 6.07) is 0. The Morgan fingerprint density at radius 2 is 1.95 bits per heavy atom. The number of fused-ring (bicyclic) bond motifs is 5. The third-order valence-corrected chi connectivity index (χ3v) is 9.16. The van der Waals surface area contributed by atoms with Crippen LogP contribution in [-0.4, -0.2) is 16.0 Å². The van der Waals surface area contributed by atoms with Gasteiger partial charge in [0.05, 0.1) is 6.10 Å². The topological polar surface area (TPSA) is 20.2 Å². The minimum Gasteiger partial charge on any atom is -0.391 e. The first kappa shape index (κ1) is 15.7. The molecule has 4 aliphatic rings. The van der Waals surface area contributed by atoms with Crippen LogP contribution in [-0.2, 0) is 0 Å². The molecule has 0 radical (unpaired) electrons. The van der Waals surface area contributed by atoms with E-state index in [-0.39, 0.29) is 11.5 Å². The van der Waals surface area contributed by atoms with Gasteiger partial charge in [-0.15, -0.1) is 0 Å². The molecule has 4 rings (SSSR count). The lowest BCUT2D eigenvalue weighted by Gasteiger charge is -2.57. The molecule has 0 saturated heterocycles. The van der Waals surface area contributed by atoms with Gasteiger partial charge >= 0.3 is 0 Å². The van der Waals surface area contributed by atoms with Crippen molar-refractivity contribution in [3.05, 3.63) is 11.6 Å². The predicted octanol–water partition coefficient (Wildman–Crippen LogP) is 5.32. The standard InChI is InChI=1S/C20H31BrO/c1-12-6-8-19(2)13(10-12)4-5-14-15(19)7-9-20(3)16(14)11-17(21)18(20)22/h4,12,14-18,22H,5-11H2,1-3H3/t12-,14+,15-,16-,17+,18-,19-,20-/m0/s1. The monoisotopic (exact) mass is 366 g/mol. The van der Waals surface area contributed by atoms with Gasteiger partial charge in [0.1, 0.15) is 0 Å². The molecule has 0 unspecified atom stereocenters. The molecule has 0 aromatic rings. The zero-order valence-corrected chi connectivity index (χ0v) is 15.9. The van der Waals surface area contributed by atoms with Crippen LogP contribution in [0.2, 0.25) is 0 Å². The Morgan fingerprint density at radius 3 is 2.73 bits per heavy atom. The van der Waals surface area contributed by atoms with E-state index < -0.39 is 0 Å². The van der Waals surface area contributed by atoms with Gasteiger partial charge in [-0.2, -0.15) is 0 Å². The fourth-order valence-electron chi connectivity index (χ4n) is 6.79. The summed E-state index contributed by atoms with van der Waals surface area (Å²) in [5.41, 5.74) is 2.40. The second kappa shape index (κ2) is 5.09. The molecule has 3 saturated carbocycles. The normalized spacial score (nSPS) is 57.6. The number of rotatable bonds is 0. The van der Waals surface area contributed by atoms with E-state index in [1.807, 2.05) is 0 Å². The van der Waals surface area contributed by atoms with Gasteiger partial charge in [-0.3, -0.25) is 0 Å². The molecule has 4 aliphatic carbocycles. The summed E-state index contributed by atoms with van der Waals surface area (Å²) >= 11 is 3.77. The Kier molecular flexibility index (Phi) is 3.63. The lowest BCUT2D eigenvalue weighted by atomic mass is 9.47. The number of hydrogen-bond acceptors (Lipinski definition) is 1.